The molecule has 2 aromatic rings. The summed E-state index contributed by atoms with van der Waals surface area (Å²) in [5.74, 6) is 0.264. The number of rotatable bonds is 6. The molecule has 2 saturated heterocycles. The Balaban J connectivity index is 1.41. The van der Waals surface area contributed by atoms with Crippen LogP contribution in [0.2, 0.25) is 0 Å². The van der Waals surface area contributed by atoms with Gasteiger partial charge in [-0.1, -0.05) is 67.6 Å². The molecule has 0 N–H and O–H groups in total. The normalized spacial score (nSPS) is 26.0. The maximum absolute atomic E-state index is 6.41. The summed E-state index contributed by atoms with van der Waals surface area (Å²) in [6.07, 6.45) is 4.08. The van der Waals surface area contributed by atoms with Gasteiger partial charge in [0, 0.05) is 11.5 Å². The maximum atomic E-state index is 6.41. The highest BCUT2D eigenvalue weighted by atomic mass is 16.7. The minimum atomic E-state index is -0.126. The van der Waals surface area contributed by atoms with Crippen molar-refractivity contribution in [3.8, 4) is 0 Å². The maximum Gasteiger partial charge on any atom is 0.165 e. The van der Waals surface area contributed by atoms with Gasteiger partial charge in [0.05, 0.1) is 19.7 Å². The van der Waals surface area contributed by atoms with Crippen molar-refractivity contribution in [2.24, 2.45) is 0 Å². The Morgan fingerprint density at radius 3 is 2.30 bits per heavy atom. The number of likely N-dealkylation sites (tertiary alicyclic amines) is 1. The highest BCUT2D eigenvalue weighted by molar-refractivity contribution is 5.19. The lowest BCUT2D eigenvalue weighted by atomic mass is 10.0. The summed E-state index contributed by atoms with van der Waals surface area (Å²) < 4.78 is 13.6. The zero-order valence-corrected chi connectivity index (χ0v) is 16.4. The van der Waals surface area contributed by atoms with Crippen LogP contribution < -0.4 is 0 Å². The zero-order valence-electron chi connectivity index (χ0n) is 16.4. The third-order valence-electron chi connectivity index (χ3n) is 6.22. The summed E-state index contributed by atoms with van der Waals surface area (Å²) in [7, 11) is 0. The summed E-state index contributed by atoms with van der Waals surface area (Å²) in [4.78, 5) is 0. The van der Waals surface area contributed by atoms with Gasteiger partial charge in [0.1, 0.15) is 19.2 Å². The molecule has 144 valence electrons. The van der Waals surface area contributed by atoms with E-state index in [1.165, 1.54) is 43.5 Å². The Bertz CT molecular complexity index is 697. The average Bonchev–Trinajstić information content (AvgIpc) is 3.17. The van der Waals surface area contributed by atoms with Gasteiger partial charge in [0.15, 0.2) is 6.29 Å². The summed E-state index contributed by atoms with van der Waals surface area (Å²) in [5, 5.41) is 0. The Labute approximate surface area is 163 Å². The van der Waals surface area contributed by atoms with E-state index in [1.54, 1.807) is 0 Å². The van der Waals surface area contributed by atoms with Gasteiger partial charge in [-0.15, -0.1) is 0 Å². The topological polar surface area (TPSA) is 18.5 Å². The third-order valence-corrected chi connectivity index (χ3v) is 6.22. The third kappa shape index (κ3) is 4.60. The first kappa shape index (κ1) is 18.7. The van der Waals surface area contributed by atoms with Crippen molar-refractivity contribution in [3.05, 3.63) is 71.8 Å². The molecule has 0 aromatic heterocycles. The molecule has 0 spiro atoms. The molecule has 2 aliphatic rings. The number of quaternary nitrogens is 1. The van der Waals surface area contributed by atoms with Crippen molar-refractivity contribution >= 4 is 0 Å². The molecular formula is C24H32NO2+. The van der Waals surface area contributed by atoms with Crippen molar-refractivity contribution in [3.63, 3.8) is 0 Å². The molecule has 0 radical (unpaired) electrons. The number of hydrogen-bond donors (Lipinski definition) is 0. The van der Waals surface area contributed by atoms with Crippen molar-refractivity contribution < 1.29 is 14.0 Å². The van der Waals surface area contributed by atoms with E-state index in [0.717, 1.165) is 24.2 Å². The van der Waals surface area contributed by atoms with E-state index in [9.17, 15) is 0 Å². The standard InChI is InChI=1S/C24H32NO2/c1-20(22-13-7-3-8-14-22)24-26-19-23(27-24)18-25(15-9-4-10-16-25)17-21-11-5-2-6-12-21/h2-3,5-8,11-14,20,23-24H,4,9-10,15-19H2,1H3/q+1/t20-,23-,24+/m0/s1. The SMILES string of the molecule is C[C@@H](c1ccccc1)[C@@H]1OC[C@H](C[N+]2(Cc3ccccc3)CCCCC2)O1. The van der Waals surface area contributed by atoms with Crippen LogP contribution in [0.4, 0.5) is 0 Å². The van der Waals surface area contributed by atoms with Gasteiger partial charge in [-0.3, -0.25) is 0 Å². The van der Waals surface area contributed by atoms with Crippen LogP contribution in [0.15, 0.2) is 60.7 Å². The Morgan fingerprint density at radius 1 is 0.926 bits per heavy atom. The monoisotopic (exact) mass is 366 g/mol. The summed E-state index contributed by atoms with van der Waals surface area (Å²) in [6.45, 7) is 7.61. The second-order valence-electron chi connectivity index (χ2n) is 8.33. The molecule has 0 aliphatic carbocycles. The van der Waals surface area contributed by atoms with Gasteiger partial charge < -0.3 is 14.0 Å². The largest absolute Gasteiger partial charge is 0.349 e. The molecule has 2 aromatic carbocycles. The number of nitrogens with zero attached hydrogens (tertiary/aromatic N) is 1. The molecule has 0 saturated carbocycles. The molecule has 0 unspecified atom stereocenters. The molecule has 2 aliphatic heterocycles. The molecule has 0 amide bonds. The fraction of sp³-hybridized carbons (Fsp3) is 0.500. The van der Waals surface area contributed by atoms with Crippen LogP contribution >= 0.6 is 0 Å². The predicted octanol–water partition coefficient (Wildman–Crippen LogP) is 4.73. The molecule has 27 heavy (non-hydrogen) atoms. The van der Waals surface area contributed by atoms with Crippen molar-refractivity contribution in [2.45, 2.75) is 51.0 Å². The summed E-state index contributed by atoms with van der Waals surface area (Å²) in [5.41, 5.74) is 2.72. The molecule has 2 heterocycles. The van der Waals surface area contributed by atoms with Gasteiger partial charge in [-0.2, -0.15) is 0 Å². The number of ether oxygens (including phenoxy) is 2. The first-order chi connectivity index (χ1) is 13.2. The zero-order chi connectivity index (χ0) is 18.5. The molecule has 2 fully saturated rings. The molecular weight excluding hydrogens is 334 g/mol. The van der Waals surface area contributed by atoms with Gasteiger partial charge in [0.25, 0.3) is 0 Å². The van der Waals surface area contributed by atoms with E-state index >= 15 is 0 Å². The molecule has 0 bridgehead atoms. The minimum absolute atomic E-state index is 0.126. The van der Waals surface area contributed by atoms with E-state index in [0.29, 0.717) is 0 Å². The number of hydrogen-bond acceptors (Lipinski definition) is 2. The van der Waals surface area contributed by atoms with Gasteiger partial charge in [0.2, 0.25) is 0 Å². The predicted molar refractivity (Wildman–Crippen MR) is 108 cm³/mol. The van der Waals surface area contributed by atoms with E-state index in [-0.39, 0.29) is 18.3 Å². The van der Waals surface area contributed by atoms with Crippen LogP contribution in [0.1, 0.15) is 43.2 Å². The molecule has 3 heteroatoms. The van der Waals surface area contributed by atoms with E-state index in [2.05, 4.69) is 67.6 Å². The van der Waals surface area contributed by atoms with Crippen molar-refractivity contribution in [1.82, 2.24) is 0 Å². The van der Waals surface area contributed by atoms with Crippen LogP contribution in [0.3, 0.4) is 0 Å². The average molecular weight is 367 g/mol. The Kier molecular flexibility index (Phi) is 5.92. The number of benzene rings is 2. The lowest BCUT2D eigenvalue weighted by Crippen LogP contribution is -2.54. The lowest BCUT2D eigenvalue weighted by Gasteiger charge is -2.43. The van der Waals surface area contributed by atoms with Crippen LogP contribution in [-0.4, -0.2) is 43.1 Å². The second kappa shape index (κ2) is 8.55. The van der Waals surface area contributed by atoms with Crippen LogP contribution in [0, 0.1) is 0 Å². The van der Waals surface area contributed by atoms with Crippen LogP contribution in [-0.2, 0) is 16.0 Å². The van der Waals surface area contributed by atoms with Gasteiger partial charge >= 0.3 is 0 Å². The fourth-order valence-corrected chi connectivity index (χ4v) is 4.73. The molecule has 3 atom stereocenters. The van der Waals surface area contributed by atoms with Crippen LogP contribution in [0.5, 0.6) is 0 Å². The van der Waals surface area contributed by atoms with E-state index < -0.39 is 0 Å². The first-order valence-corrected chi connectivity index (χ1v) is 10.5. The van der Waals surface area contributed by atoms with Gasteiger partial charge in [-0.25, -0.2) is 0 Å². The van der Waals surface area contributed by atoms with Crippen LogP contribution in [0.25, 0.3) is 0 Å². The number of piperidine rings is 1. The highest BCUT2D eigenvalue weighted by Gasteiger charge is 2.39. The molecule has 3 nitrogen and oxygen atoms in total. The smallest absolute Gasteiger partial charge is 0.165 e. The Morgan fingerprint density at radius 2 is 1.59 bits per heavy atom. The first-order valence-electron chi connectivity index (χ1n) is 10.5. The van der Waals surface area contributed by atoms with E-state index in [1.807, 2.05) is 0 Å². The Hall–Kier alpha value is -1.68. The quantitative estimate of drug-likeness (QED) is 0.688. The summed E-state index contributed by atoms with van der Waals surface area (Å²) in [6, 6.07) is 21.5. The highest BCUT2D eigenvalue weighted by Crippen LogP contribution is 2.30. The second-order valence-corrected chi connectivity index (χ2v) is 8.33. The fourth-order valence-electron chi connectivity index (χ4n) is 4.73. The van der Waals surface area contributed by atoms with Crippen molar-refractivity contribution in [2.75, 3.05) is 26.2 Å². The van der Waals surface area contributed by atoms with Gasteiger partial charge in [-0.05, 0) is 24.8 Å². The lowest BCUT2D eigenvalue weighted by molar-refractivity contribution is -0.947. The van der Waals surface area contributed by atoms with E-state index in [4.69, 9.17) is 9.47 Å². The van der Waals surface area contributed by atoms with Crippen molar-refractivity contribution in [1.29, 1.82) is 0 Å². The summed E-state index contributed by atoms with van der Waals surface area (Å²) >= 11 is 0. The minimum Gasteiger partial charge on any atom is -0.349 e. The molecule has 4 rings (SSSR count).